The van der Waals surface area contributed by atoms with Gasteiger partial charge >= 0.3 is 0 Å². The summed E-state index contributed by atoms with van der Waals surface area (Å²) >= 11 is 0. The molecule has 2 atom stereocenters. The van der Waals surface area contributed by atoms with Gasteiger partial charge in [0.1, 0.15) is 0 Å². The Morgan fingerprint density at radius 1 is 1.07 bits per heavy atom. The molecule has 2 aromatic heterocycles. The highest BCUT2D eigenvalue weighted by Crippen LogP contribution is 2.36. The van der Waals surface area contributed by atoms with E-state index in [9.17, 15) is 4.79 Å². The average molecular weight is 404 g/mol. The molecule has 0 bridgehead atoms. The summed E-state index contributed by atoms with van der Waals surface area (Å²) in [5, 5.41) is 3.86. The smallest absolute Gasteiger partial charge is 0.258 e. The minimum absolute atomic E-state index is 0.00546. The lowest BCUT2D eigenvalue weighted by Gasteiger charge is -2.53. The Labute approximate surface area is 174 Å². The van der Waals surface area contributed by atoms with Gasteiger partial charge in [0.15, 0.2) is 5.82 Å². The Balaban J connectivity index is 1.38. The third-order valence-corrected chi connectivity index (χ3v) is 5.98. The standard InChI is InChI=1S/C22H24N6O2/c1-13-10-14(2)24-22(23-13)27-9-8-16-11-28(19(16)12-27)21(29)18-7-5-4-6-17(18)20-25-15(3)26-30-20/h4-7,10,16,19H,8-9,11-12H2,1-3H3/t16-,19-/m1/s1. The third-order valence-electron chi connectivity index (χ3n) is 5.98. The molecule has 0 radical (unpaired) electrons. The molecule has 0 unspecified atom stereocenters. The van der Waals surface area contributed by atoms with Gasteiger partial charge in [0.05, 0.1) is 17.2 Å². The minimum Gasteiger partial charge on any atom is -0.339 e. The first kappa shape index (κ1) is 18.7. The number of aromatic nitrogens is 4. The van der Waals surface area contributed by atoms with Crippen LogP contribution >= 0.6 is 0 Å². The first-order valence-electron chi connectivity index (χ1n) is 10.3. The molecule has 2 aliphatic rings. The van der Waals surface area contributed by atoms with E-state index in [4.69, 9.17) is 4.52 Å². The zero-order valence-electron chi connectivity index (χ0n) is 17.4. The lowest BCUT2D eigenvalue weighted by atomic mass is 9.81. The van der Waals surface area contributed by atoms with Crippen LogP contribution < -0.4 is 4.90 Å². The van der Waals surface area contributed by atoms with Crippen molar-refractivity contribution in [2.24, 2.45) is 5.92 Å². The maximum Gasteiger partial charge on any atom is 0.258 e. The number of fused-ring (bicyclic) bond motifs is 1. The Morgan fingerprint density at radius 3 is 2.57 bits per heavy atom. The average Bonchev–Trinajstić information content (AvgIpc) is 3.14. The highest BCUT2D eigenvalue weighted by atomic mass is 16.5. The van der Waals surface area contributed by atoms with Crippen LogP contribution in [-0.4, -0.2) is 56.6 Å². The number of nitrogens with zero attached hydrogens (tertiary/aromatic N) is 6. The van der Waals surface area contributed by atoms with Crippen molar-refractivity contribution in [3.8, 4) is 11.5 Å². The SMILES string of the molecule is Cc1cc(C)nc(N2CC[C@@H]3CN(C(=O)c4ccccc4-c4nc(C)no4)[C@@H]3C2)n1. The van der Waals surface area contributed by atoms with Gasteiger partial charge < -0.3 is 14.3 Å². The van der Waals surface area contributed by atoms with E-state index in [0.717, 1.165) is 43.4 Å². The van der Waals surface area contributed by atoms with Crippen molar-refractivity contribution in [3.05, 3.63) is 53.1 Å². The molecule has 0 spiro atoms. The lowest BCUT2D eigenvalue weighted by Crippen LogP contribution is -2.66. The number of carbonyl (C=O) groups excluding carboxylic acids is 1. The van der Waals surface area contributed by atoms with Crippen LogP contribution in [0.15, 0.2) is 34.9 Å². The second-order valence-corrected chi connectivity index (χ2v) is 8.16. The van der Waals surface area contributed by atoms with E-state index in [1.165, 1.54) is 0 Å². The van der Waals surface area contributed by atoms with E-state index in [2.05, 4.69) is 25.0 Å². The summed E-state index contributed by atoms with van der Waals surface area (Å²) in [5.74, 6) is 2.21. The molecule has 1 amide bonds. The zero-order valence-corrected chi connectivity index (χ0v) is 17.4. The van der Waals surface area contributed by atoms with Gasteiger partial charge in [0.25, 0.3) is 11.8 Å². The number of carbonyl (C=O) groups is 1. The number of likely N-dealkylation sites (tertiary alicyclic amines) is 1. The molecule has 30 heavy (non-hydrogen) atoms. The van der Waals surface area contributed by atoms with Crippen molar-refractivity contribution in [1.29, 1.82) is 0 Å². The first-order chi connectivity index (χ1) is 14.5. The van der Waals surface area contributed by atoms with E-state index < -0.39 is 0 Å². The Hall–Kier alpha value is -3.29. The number of rotatable bonds is 3. The monoisotopic (exact) mass is 404 g/mol. The van der Waals surface area contributed by atoms with E-state index in [-0.39, 0.29) is 11.9 Å². The van der Waals surface area contributed by atoms with Crippen LogP contribution in [-0.2, 0) is 0 Å². The topological polar surface area (TPSA) is 88.3 Å². The molecule has 8 nitrogen and oxygen atoms in total. The van der Waals surface area contributed by atoms with Crippen LogP contribution in [0.25, 0.3) is 11.5 Å². The van der Waals surface area contributed by atoms with Gasteiger partial charge in [-0.25, -0.2) is 9.97 Å². The van der Waals surface area contributed by atoms with E-state index in [0.29, 0.717) is 28.8 Å². The normalized spacial score (nSPS) is 20.6. The fourth-order valence-corrected chi connectivity index (χ4v) is 4.48. The molecule has 0 saturated carbocycles. The fraction of sp³-hybridized carbons (Fsp3) is 0.409. The summed E-state index contributed by atoms with van der Waals surface area (Å²) in [4.78, 5) is 31.1. The number of amides is 1. The summed E-state index contributed by atoms with van der Waals surface area (Å²) in [6, 6.07) is 9.57. The van der Waals surface area contributed by atoms with Crippen molar-refractivity contribution in [2.45, 2.75) is 33.2 Å². The molecule has 4 heterocycles. The molecule has 154 valence electrons. The maximum atomic E-state index is 13.4. The summed E-state index contributed by atoms with van der Waals surface area (Å²) in [6.07, 6.45) is 1.04. The Bertz CT molecular complexity index is 1090. The van der Waals surface area contributed by atoms with Crippen LogP contribution in [0.3, 0.4) is 0 Å². The van der Waals surface area contributed by atoms with Crippen LogP contribution in [0, 0.1) is 26.7 Å². The molecule has 2 saturated heterocycles. The van der Waals surface area contributed by atoms with Gasteiger partial charge in [-0.1, -0.05) is 17.3 Å². The van der Waals surface area contributed by atoms with Crippen molar-refractivity contribution < 1.29 is 9.32 Å². The highest BCUT2D eigenvalue weighted by molar-refractivity contribution is 6.00. The molecule has 3 aromatic rings. The highest BCUT2D eigenvalue weighted by Gasteiger charge is 2.46. The van der Waals surface area contributed by atoms with Gasteiger partial charge in [-0.3, -0.25) is 4.79 Å². The number of aryl methyl sites for hydroxylation is 3. The van der Waals surface area contributed by atoms with Gasteiger partial charge in [-0.15, -0.1) is 0 Å². The molecule has 2 aliphatic heterocycles. The molecule has 8 heteroatoms. The predicted octanol–water partition coefficient (Wildman–Crippen LogP) is 2.80. The lowest BCUT2D eigenvalue weighted by molar-refractivity contribution is 0.00772. The molecular weight excluding hydrogens is 380 g/mol. The molecule has 1 aromatic carbocycles. The Kier molecular flexibility index (Phi) is 4.49. The van der Waals surface area contributed by atoms with Crippen molar-refractivity contribution >= 4 is 11.9 Å². The van der Waals surface area contributed by atoms with Gasteiger partial charge in [-0.05, 0) is 45.4 Å². The second kappa shape index (κ2) is 7.19. The summed E-state index contributed by atoms with van der Waals surface area (Å²) < 4.78 is 5.32. The number of piperidine rings is 1. The van der Waals surface area contributed by atoms with E-state index in [1.807, 2.05) is 49.1 Å². The molecule has 2 fully saturated rings. The zero-order chi connectivity index (χ0) is 20.8. The van der Waals surface area contributed by atoms with E-state index >= 15 is 0 Å². The first-order valence-corrected chi connectivity index (χ1v) is 10.3. The van der Waals surface area contributed by atoms with Crippen LogP contribution in [0.1, 0.15) is 34.0 Å². The molecular formula is C22H24N6O2. The summed E-state index contributed by atoms with van der Waals surface area (Å²) in [6.45, 7) is 8.19. The fourth-order valence-electron chi connectivity index (χ4n) is 4.48. The quantitative estimate of drug-likeness (QED) is 0.663. The largest absolute Gasteiger partial charge is 0.339 e. The number of anilines is 1. The number of hydrogen-bond donors (Lipinski definition) is 0. The van der Waals surface area contributed by atoms with Gasteiger partial charge in [0, 0.05) is 36.9 Å². The van der Waals surface area contributed by atoms with Gasteiger partial charge in [0.2, 0.25) is 5.95 Å². The number of benzene rings is 1. The van der Waals surface area contributed by atoms with Crippen molar-refractivity contribution in [2.75, 3.05) is 24.5 Å². The van der Waals surface area contributed by atoms with Crippen LogP contribution in [0.5, 0.6) is 0 Å². The molecule has 0 aliphatic carbocycles. The summed E-state index contributed by atoms with van der Waals surface area (Å²) in [5.41, 5.74) is 3.20. The van der Waals surface area contributed by atoms with E-state index in [1.54, 1.807) is 6.92 Å². The molecule has 0 N–H and O–H groups in total. The van der Waals surface area contributed by atoms with Gasteiger partial charge in [-0.2, -0.15) is 4.98 Å². The Morgan fingerprint density at radius 2 is 1.83 bits per heavy atom. The minimum atomic E-state index is 0.00546. The van der Waals surface area contributed by atoms with Crippen molar-refractivity contribution in [3.63, 3.8) is 0 Å². The predicted molar refractivity (Wildman–Crippen MR) is 111 cm³/mol. The van der Waals surface area contributed by atoms with Crippen LogP contribution in [0.2, 0.25) is 0 Å². The second-order valence-electron chi connectivity index (χ2n) is 8.16. The van der Waals surface area contributed by atoms with Crippen molar-refractivity contribution in [1.82, 2.24) is 25.0 Å². The number of hydrogen-bond acceptors (Lipinski definition) is 7. The third kappa shape index (κ3) is 3.22. The molecule has 5 rings (SSSR count). The van der Waals surface area contributed by atoms with Crippen LogP contribution in [0.4, 0.5) is 5.95 Å². The summed E-state index contributed by atoms with van der Waals surface area (Å²) in [7, 11) is 0. The maximum absolute atomic E-state index is 13.4.